The predicted molar refractivity (Wildman–Crippen MR) is 69.2 cm³/mol. The fraction of sp³-hybridized carbons (Fsp3) is 0.364. The van der Waals surface area contributed by atoms with Crippen molar-refractivity contribution in [2.75, 3.05) is 6.26 Å². The molecule has 0 radical (unpaired) electrons. The smallest absolute Gasteiger partial charge is 0.326 e. The highest BCUT2D eigenvalue weighted by Crippen LogP contribution is 2.13. The molecular formula is C11H19NO4S. The van der Waals surface area contributed by atoms with Crippen LogP contribution in [0.1, 0.15) is 15.3 Å². The Morgan fingerprint density at radius 1 is 1.53 bits per heavy atom. The zero-order valence-electron chi connectivity index (χ0n) is 10.1. The molecule has 0 aliphatic heterocycles. The van der Waals surface area contributed by atoms with Gasteiger partial charge in [0.1, 0.15) is 6.04 Å². The van der Waals surface area contributed by atoms with E-state index in [-0.39, 0.29) is 1.43 Å². The molecule has 0 amide bonds. The second-order valence-corrected chi connectivity index (χ2v) is 5.37. The van der Waals surface area contributed by atoms with Crippen molar-refractivity contribution < 1.29 is 19.7 Å². The van der Waals surface area contributed by atoms with Crippen LogP contribution in [0.4, 0.5) is 0 Å². The number of hydrogen-bond donors (Lipinski definition) is 2. The van der Waals surface area contributed by atoms with Crippen LogP contribution in [0.2, 0.25) is 0 Å². The van der Waals surface area contributed by atoms with E-state index in [9.17, 15) is 13.2 Å². The van der Waals surface area contributed by atoms with Crippen LogP contribution in [0.5, 0.6) is 0 Å². The Morgan fingerprint density at radius 2 is 2.06 bits per heavy atom. The average Bonchev–Trinajstić information content (AvgIpc) is 2.14. The summed E-state index contributed by atoms with van der Waals surface area (Å²) in [6.07, 6.45) is 5.78. The summed E-state index contributed by atoms with van der Waals surface area (Å²) in [6.45, 7) is 7.03. The van der Waals surface area contributed by atoms with Crippen LogP contribution in [0.3, 0.4) is 0 Å². The number of carboxylic acids is 1. The fourth-order valence-electron chi connectivity index (χ4n) is 1.15. The molecule has 5 nitrogen and oxygen atoms in total. The van der Waals surface area contributed by atoms with Gasteiger partial charge in [-0.3, -0.25) is 4.79 Å². The van der Waals surface area contributed by atoms with Crippen LogP contribution >= 0.6 is 0 Å². The first-order chi connectivity index (χ1) is 7.69. The van der Waals surface area contributed by atoms with Gasteiger partial charge in [-0.25, -0.2) is 8.42 Å². The van der Waals surface area contributed by atoms with Crippen LogP contribution in [-0.4, -0.2) is 31.8 Å². The molecule has 17 heavy (non-hydrogen) atoms. The highest BCUT2D eigenvalue weighted by molar-refractivity contribution is 7.88. The number of nitrogens with one attached hydrogen (secondary N) is 1. The fourth-order valence-corrected chi connectivity index (χ4v) is 1.80. The van der Waals surface area contributed by atoms with Crippen molar-refractivity contribution in [3.63, 3.8) is 0 Å². The van der Waals surface area contributed by atoms with Gasteiger partial charge in [-0.2, -0.15) is 4.72 Å². The van der Waals surface area contributed by atoms with Gasteiger partial charge in [0.05, 0.1) is 6.26 Å². The number of sulfonamides is 1. The van der Waals surface area contributed by atoms with Crippen molar-refractivity contribution in [1.29, 1.82) is 0 Å². The Kier molecular flexibility index (Phi) is 5.84. The first-order valence-electron chi connectivity index (χ1n) is 4.88. The molecule has 0 spiro atoms. The van der Waals surface area contributed by atoms with Gasteiger partial charge in [0.15, 0.2) is 0 Å². The zero-order chi connectivity index (χ0) is 13.6. The van der Waals surface area contributed by atoms with Crippen molar-refractivity contribution in [2.45, 2.75) is 19.9 Å². The van der Waals surface area contributed by atoms with E-state index < -0.39 is 22.0 Å². The SMILES string of the molecule is C=C(C)/C(=C\C=C/C)C(NS(C)(=O)=O)C(=O)O.[HH]. The van der Waals surface area contributed by atoms with E-state index in [0.717, 1.165) is 6.26 Å². The average molecular weight is 261 g/mol. The van der Waals surface area contributed by atoms with Crippen LogP contribution in [0, 0.1) is 0 Å². The number of allylic oxidation sites excluding steroid dienone is 3. The van der Waals surface area contributed by atoms with Crippen LogP contribution in [-0.2, 0) is 14.8 Å². The normalized spacial score (nSPS) is 14.9. The topological polar surface area (TPSA) is 83.5 Å². The second kappa shape index (κ2) is 6.36. The summed E-state index contributed by atoms with van der Waals surface area (Å²) >= 11 is 0. The number of hydrogen-bond acceptors (Lipinski definition) is 3. The van der Waals surface area contributed by atoms with E-state index in [1.54, 1.807) is 26.0 Å². The van der Waals surface area contributed by atoms with Crippen LogP contribution < -0.4 is 4.72 Å². The van der Waals surface area contributed by atoms with Crippen molar-refractivity contribution in [1.82, 2.24) is 4.72 Å². The maximum Gasteiger partial charge on any atom is 0.326 e. The summed E-state index contributed by atoms with van der Waals surface area (Å²) < 4.78 is 24.3. The third-order valence-electron chi connectivity index (χ3n) is 1.85. The van der Waals surface area contributed by atoms with E-state index in [2.05, 4.69) is 11.3 Å². The Hall–Kier alpha value is -1.40. The highest BCUT2D eigenvalue weighted by Gasteiger charge is 2.25. The minimum Gasteiger partial charge on any atom is -0.480 e. The van der Waals surface area contributed by atoms with Gasteiger partial charge in [-0.05, 0) is 19.4 Å². The highest BCUT2D eigenvalue weighted by atomic mass is 32.2. The molecule has 0 bridgehead atoms. The maximum atomic E-state index is 11.1. The lowest BCUT2D eigenvalue weighted by Crippen LogP contribution is -2.41. The summed E-state index contributed by atoms with van der Waals surface area (Å²) in [4.78, 5) is 11.1. The largest absolute Gasteiger partial charge is 0.480 e. The lowest BCUT2D eigenvalue weighted by Gasteiger charge is -2.16. The lowest BCUT2D eigenvalue weighted by atomic mass is 10.0. The van der Waals surface area contributed by atoms with E-state index in [4.69, 9.17) is 5.11 Å². The van der Waals surface area contributed by atoms with Gasteiger partial charge in [-0.1, -0.05) is 30.4 Å². The zero-order valence-corrected chi connectivity index (χ0v) is 10.9. The molecule has 0 aromatic rings. The van der Waals surface area contributed by atoms with E-state index in [1.165, 1.54) is 6.08 Å². The third kappa shape index (κ3) is 6.03. The maximum absolute atomic E-state index is 11.1. The molecule has 0 aromatic carbocycles. The van der Waals surface area contributed by atoms with Gasteiger partial charge in [0.25, 0.3) is 0 Å². The molecule has 0 aliphatic rings. The first kappa shape index (κ1) is 15.6. The molecule has 0 rings (SSSR count). The number of carboxylic acid groups (broad SMARTS) is 1. The van der Waals surface area contributed by atoms with E-state index in [0.29, 0.717) is 11.1 Å². The minimum atomic E-state index is -3.61. The Labute approximate surface area is 103 Å². The molecule has 0 saturated carbocycles. The number of carbonyl (C=O) groups is 1. The number of aliphatic carboxylic acids is 1. The molecule has 0 aliphatic carbocycles. The van der Waals surface area contributed by atoms with Crippen molar-refractivity contribution in [2.24, 2.45) is 0 Å². The summed E-state index contributed by atoms with van der Waals surface area (Å²) in [7, 11) is -3.61. The second-order valence-electron chi connectivity index (χ2n) is 3.59. The van der Waals surface area contributed by atoms with E-state index in [1.807, 2.05) is 0 Å². The molecule has 0 fully saturated rings. The molecule has 1 unspecified atom stereocenters. The van der Waals surface area contributed by atoms with Crippen LogP contribution in [0.25, 0.3) is 0 Å². The Bertz CT molecular complexity index is 465. The lowest BCUT2D eigenvalue weighted by molar-refractivity contribution is -0.137. The van der Waals surface area contributed by atoms with Crippen molar-refractivity contribution in [3.05, 3.63) is 36.0 Å². The molecule has 0 heterocycles. The van der Waals surface area contributed by atoms with Gasteiger partial charge in [-0.15, -0.1) is 0 Å². The van der Waals surface area contributed by atoms with Gasteiger partial charge in [0.2, 0.25) is 10.0 Å². The molecule has 2 N–H and O–H groups in total. The molecule has 0 aromatic heterocycles. The third-order valence-corrected chi connectivity index (χ3v) is 2.51. The predicted octanol–water partition coefficient (Wildman–Crippen LogP) is 1.31. The standard InChI is InChI=1S/C11H17NO4S.H2/c1-5-6-7-9(8(2)3)10(11(13)14)12-17(4,15)16;/h5-7,10,12H,2H2,1,3-4H3,(H,13,14);1H/b6-5-,9-7+;. The molecule has 6 heteroatoms. The van der Waals surface area contributed by atoms with E-state index >= 15 is 0 Å². The molecule has 98 valence electrons. The molecular weight excluding hydrogens is 242 g/mol. The van der Waals surface area contributed by atoms with Gasteiger partial charge >= 0.3 is 5.97 Å². The Morgan fingerprint density at radius 3 is 2.35 bits per heavy atom. The summed E-state index contributed by atoms with van der Waals surface area (Å²) in [5, 5.41) is 9.02. The van der Waals surface area contributed by atoms with Gasteiger partial charge in [0, 0.05) is 1.43 Å². The minimum absolute atomic E-state index is 0. The monoisotopic (exact) mass is 261 g/mol. The summed E-state index contributed by atoms with van der Waals surface area (Å²) in [6, 6.07) is -1.32. The van der Waals surface area contributed by atoms with Gasteiger partial charge < -0.3 is 5.11 Å². The molecule has 1 atom stereocenters. The van der Waals surface area contributed by atoms with Crippen LogP contribution in [0.15, 0.2) is 36.0 Å². The first-order valence-corrected chi connectivity index (χ1v) is 6.77. The Balaban J connectivity index is 0. The number of rotatable bonds is 6. The van der Waals surface area contributed by atoms with Crippen molar-refractivity contribution in [3.8, 4) is 0 Å². The summed E-state index contributed by atoms with van der Waals surface area (Å²) in [5.41, 5.74) is 0.813. The quantitative estimate of drug-likeness (QED) is 0.706. The molecule has 0 saturated heterocycles. The summed E-state index contributed by atoms with van der Waals surface area (Å²) in [5.74, 6) is -1.27. The van der Waals surface area contributed by atoms with Crippen molar-refractivity contribution >= 4 is 16.0 Å².